The van der Waals surface area contributed by atoms with E-state index in [0.717, 1.165) is 52.1 Å². The molecule has 2 aromatic rings. The Bertz CT molecular complexity index is 1020. The Balaban J connectivity index is 1.23. The zero-order chi connectivity index (χ0) is 27.3. The fourth-order valence-electron chi connectivity index (χ4n) is 4.04. The monoisotopic (exact) mass is 564 g/mol. The molecule has 0 aromatic heterocycles. The van der Waals surface area contributed by atoms with Crippen LogP contribution in [0.25, 0.3) is 12.2 Å². The lowest BCUT2D eigenvalue weighted by Gasteiger charge is -2.34. The molecule has 0 radical (unpaired) electrons. The first-order valence-corrected chi connectivity index (χ1v) is 13.3. The van der Waals surface area contributed by atoms with Crippen LogP contribution in [0.4, 0.5) is 8.78 Å². The highest BCUT2D eigenvalue weighted by molar-refractivity contribution is 6.32. The lowest BCUT2D eigenvalue weighted by Crippen LogP contribution is -2.47. The van der Waals surface area contributed by atoms with Gasteiger partial charge in [-0.2, -0.15) is 0 Å². The molecule has 2 N–H and O–H groups in total. The Morgan fingerprint density at radius 1 is 0.737 bits per heavy atom. The molecular formula is C28H32Cl2F2N4O2. The van der Waals surface area contributed by atoms with Crippen LogP contribution in [0.3, 0.4) is 0 Å². The van der Waals surface area contributed by atoms with Gasteiger partial charge in [0, 0.05) is 62.5 Å². The molecule has 0 unspecified atom stereocenters. The van der Waals surface area contributed by atoms with Gasteiger partial charge in [-0.05, 0) is 62.3 Å². The summed E-state index contributed by atoms with van der Waals surface area (Å²) in [6.45, 7) is 6.60. The van der Waals surface area contributed by atoms with E-state index in [2.05, 4.69) is 20.4 Å². The number of piperazine rings is 1. The van der Waals surface area contributed by atoms with Crippen LogP contribution < -0.4 is 10.6 Å². The average molecular weight is 565 g/mol. The van der Waals surface area contributed by atoms with Crippen LogP contribution in [-0.2, 0) is 9.59 Å². The fourth-order valence-corrected chi connectivity index (χ4v) is 4.49. The molecule has 2 aromatic carbocycles. The molecule has 0 atom stereocenters. The lowest BCUT2D eigenvalue weighted by molar-refractivity contribution is -0.117. The quantitative estimate of drug-likeness (QED) is 0.291. The molecule has 2 amide bonds. The van der Waals surface area contributed by atoms with Crippen molar-refractivity contribution >= 4 is 47.2 Å². The summed E-state index contributed by atoms with van der Waals surface area (Å²) in [5, 5.41) is 6.15. The van der Waals surface area contributed by atoms with Crippen molar-refractivity contribution in [3.8, 4) is 0 Å². The summed E-state index contributed by atoms with van der Waals surface area (Å²) in [4.78, 5) is 28.7. The van der Waals surface area contributed by atoms with E-state index in [1.54, 1.807) is 12.1 Å². The minimum absolute atomic E-state index is 0.200. The standard InChI is InChI=1S/C28H32Cl2F2N4O2/c29-23-5-1-7-25(31)21(23)9-11-27(37)33-13-3-15-35-17-19-36(20-18-35)16-4-14-34-28(38)12-10-22-24(30)6-2-8-26(22)32/h1-2,5-12H,3-4,13-20H2,(H,33,37)(H,34,38). The van der Waals surface area contributed by atoms with Crippen molar-refractivity contribution < 1.29 is 18.4 Å². The number of carbonyl (C=O) groups excluding carboxylic acids is 2. The van der Waals surface area contributed by atoms with E-state index in [0.29, 0.717) is 13.1 Å². The van der Waals surface area contributed by atoms with Crippen molar-refractivity contribution in [3.63, 3.8) is 0 Å². The highest BCUT2D eigenvalue weighted by Crippen LogP contribution is 2.21. The van der Waals surface area contributed by atoms with Gasteiger partial charge >= 0.3 is 0 Å². The zero-order valence-corrected chi connectivity index (χ0v) is 22.6. The summed E-state index contributed by atoms with van der Waals surface area (Å²) in [5.41, 5.74) is 0.401. The van der Waals surface area contributed by atoms with E-state index < -0.39 is 11.6 Å². The lowest BCUT2D eigenvalue weighted by atomic mass is 10.2. The van der Waals surface area contributed by atoms with E-state index >= 15 is 0 Å². The Labute approximate surface area is 232 Å². The van der Waals surface area contributed by atoms with Crippen LogP contribution in [0.5, 0.6) is 0 Å². The van der Waals surface area contributed by atoms with E-state index in [4.69, 9.17) is 23.2 Å². The Hall–Kier alpha value is -2.78. The van der Waals surface area contributed by atoms with E-state index in [-0.39, 0.29) is 33.0 Å². The van der Waals surface area contributed by atoms with Crippen LogP contribution in [0.15, 0.2) is 48.6 Å². The van der Waals surface area contributed by atoms with Gasteiger partial charge in [-0.15, -0.1) is 0 Å². The Morgan fingerprint density at radius 2 is 1.13 bits per heavy atom. The third kappa shape index (κ3) is 9.83. The maximum absolute atomic E-state index is 13.8. The number of nitrogens with zero attached hydrogens (tertiary/aromatic N) is 2. The number of hydrogen-bond donors (Lipinski definition) is 2. The molecule has 0 saturated carbocycles. The zero-order valence-electron chi connectivity index (χ0n) is 21.1. The second-order valence-corrected chi connectivity index (χ2v) is 9.72. The first-order valence-electron chi connectivity index (χ1n) is 12.6. The Kier molecular flexibility index (Phi) is 12.2. The van der Waals surface area contributed by atoms with E-state index in [9.17, 15) is 18.4 Å². The SMILES string of the molecule is O=C(C=Cc1c(F)cccc1Cl)NCCCN1CCN(CCCNC(=O)C=Cc2c(F)cccc2Cl)CC1. The highest BCUT2D eigenvalue weighted by Gasteiger charge is 2.16. The molecule has 0 bridgehead atoms. The smallest absolute Gasteiger partial charge is 0.244 e. The van der Waals surface area contributed by atoms with Gasteiger partial charge in [0.2, 0.25) is 11.8 Å². The number of hydrogen-bond acceptors (Lipinski definition) is 4. The molecule has 0 aliphatic carbocycles. The highest BCUT2D eigenvalue weighted by atomic mass is 35.5. The molecule has 1 heterocycles. The van der Waals surface area contributed by atoms with Crippen molar-refractivity contribution in [2.75, 3.05) is 52.4 Å². The summed E-state index contributed by atoms with van der Waals surface area (Å²) in [6, 6.07) is 8.79. The van der Waals surface area contributed by atoms with Crippen LogP contribution >= 0.6 is 23.2 Å². The predicted molar refractivity (Wildman–Crippen MR) is 149 cm³/mol. The van der Waals surface area contributed by atoms with Gasteiger partial charge in [0.25, 0.3) is 0 Å². The maximum Gasteiger partial charge on any atom is 0.244 e. The number of amides is 2. The molecule has 3 rings (SSSR count). The molecule has 1 fully saturated rings. The van der Waals surface area contributed by atoms with Gasteiger partial charge < -0.3 is 20.4 Å². The first-order chi connectivity index (χ1) is 18.3. The van der Waals surface area contributed by atoms with Crippen molar-refractivity contribution in [3.05, 3.63) is 81.4 Å². The molecule has 6 nitrogen and oxygen atoms in total. The fraction of sp³-hybridized carbons (Fsp3) is 0.357. The summed E-state index contributed by atoms with van der Waals surface area (Å²) < 4.78 is 27.5. The average Bonchev–Trinajstić information content (AvgIpc) is 2.89. The van der Waals surface area contributed by atoms with Crippen molar-refractivity contribution in [2.45, 2.75) is 12.8 Å². The van der Waals surface area contributed by atoms with Gasteiger partial charge in [0.05, 0.1) is 10.0 Å². The van der Waals surface area contributed by atoms with Crippen LogP contribution in [-0.4, -0.2) is 74.0 Å². The van der Waals surface area contributed by atoms with Crippen molar-refractivity contribution in [1.82, 2.24) is 20.4 Å². The minimum atomic E-state index is -0.468. The number of carbonyl (C=O) groups is 2. The summed E-state index contributed by atoms with van der Waals surface area (Å²) >= 11 is 11.9. The first kappa shape index (κ1) is 29.8. The topological polar surface area (TPSA) is 64.7 Å². The molecule has 38 heavy (non-hydrogen) atoms. The van der Waals surface area contributed by atoms with Gasteiger partial charge in [0.1, 0.15) is 11.6 Å². The van der Waals surface area contributed by atoms with E-state index in [1.165, 1.54) is 48.6 Å². The molecule has 1 aliphatic rings. The molecule has 0 spiro atoms. The summed E-state index contributed by atoms with van der Waals surface area (Å²) in [5.74, 6) is -1.50. The normalized spacial score (nSPS) is 14.8. The third-order valence-corrected chi connectivity index (χ3v) is 6.83. The largest absolute Gasteiger partial charge is 0.353 e. The number of nitrogens with one attached hydrogen (secondary N) is 2. The molecule has 1 saturated heterocycles. The number of rotatable bonds is 12. The maximum atomic E-state index is 13.8. The molecule has 204 valence electrons. The Morgan fingerprint density at radius 3 is 1.50 bits per heavy atom. The van der Waals surface area contributed by atoms with Crippen molar-refractivity contribution in [1.29, 1.82) is 0 Å². The van der Waals surface area contributed by atoms with Crippen LogP contribution in [0.2, 0.25) is 10.0 Å². The third-order valence-electron chi connectivity index (χ3n) is 6.17. The molecule has 1 aliphatic heterocycles. The van der Waals surface area contributed by atoms with E-state index in [1.807, 2.05) is 0 Å². The van der Waals surface area contributed by atoms with Crippen molar-refractivity contribution in [2.24, 2.45) is 0 Å². The van der Waals surface area contributed by atoms with Crippen LogP contribution in [0.1, 0.15) is 24.0 Å². The second-order valence-electron chi connectivity index (χ2n) is 8.91. The second kappa shape index (κ2) is 15.6. The van der Waals surface area contributed by atoms with Crippen LogP contribution in [0, 0.1) is 11.6 Å². The van der Waals surface area contributed by atoms with Gasteiger partial charge in [-0.3, -0.25) is 9.59 Å². The number of benzene rings is 2. The van der Waals surface area contributed by atoms with Gasteiger partial charge in [-0.1, -0.05) is 35.3 Å². The predicted octanol–water partition coefficient (Wildman–Crippen LogP) is 4.63. The van der Waals surface area contributed by atoms with Gasteiger partial charge in [0.15, 0.2) is 0 Å². The summed E-state index contributed by atoms with van der Waals surface area (Å²) in [7, 11) is 0. The van der Waals surface area contributed by atoms with Gasteiger partial charge in [-0.25, -0.2) is 8.78 Å². The molecule has 10 heteroatoms. The molecular weight excluding hydrogens is 533 g/mol. The minimum Gasteiger partial charge on any atom is -0.353 e. The number of halogens is 4. The summed E-state index contributed by atoms with van der Waals surface area (Å²) in [6.07, 6.45) is 6.99.